The van der Waals surface area contributed by atoms with Crippen molar-refractivity contribution in [3.63, 3.8) is 0 Å². The molecule has 0 aromatic heterocycles. The summed E-state index contributed by atoms with van der Waals surface area (Å²) in [6.45, 7) is 1.75. The van der Waals surface area contributed by atoms with Crippen molar-refractivity contribution in [2.45, 2.75) is 13.5 Å². The molecule has 0 aliphatic heterocycles. The van der Waals surface area contributed by atoms with Crippen LogP contribution >= 0.6 is 0 Å². The Morgan fingerprint density at radius 1 is 0.844 bits per heavy atom. The second-order valence-electron chi connectivity index (χ2n) is 7.61. The Morgan fingerprint density at radius 3 is 2.09 bits per heavy atom. The maximum absolute atomic E-state index is 13.2. The van der Waals surface area contributed by atoms with Crippen LogP contribution in [0.2, 0.25) is 0 Å². The number of carbonyl (C=O) groups excluding carboxylic acids is 2. The normalized spacial score (nSPS) is 10.4. The predicted octanol–water partition coefficient (Wildman–Crippen LogP) is 4.58. The third-order valence-corrected chi connectivity index (χ3v) is 5.08. The quantitative estimate of drug-likeness (QED) is 0.464. The first-order valence-corrected chi connectivity index (χ1v) is 10.3. The molecule has 0 saturated heterocycles. The van der Waals surface area contributed by atoms with Crippen LogP contribution in [0.25, 0.3) is 0 Å². The van der Waals surface area contributed by atoms with Crippen molar-refractivity contribution in [1.29, 1.82) is 0 Å². The fourth-order valence-corrected chi connectivity index (χ4v) is 3.20. The number of Topliss-reactive ketones (excluding diaryl/α,β-unsaturated/α-hetero) is 1. The SMILES string of the molecule is COc1ccc(N(Cc2ccc(N(C)C)cc2)C(=O)COc2cccc(C(C)=O)c2)cc1. The van der Waals surface area contributed by atoms with Gasteiger partial charge in [0.1, 0.15) is 11.5 Å². The molecule has 3 aromatic carbocycles. The Labute approximate surface area is 189 Å². The zero-order valence-electron chi connectivity index (χ0n) is 18.9. The molecule has 0 bridgehead atoms. The number of nitrogens with zero attached hydrogens (tertiary/aromatic N) is 2. The lowest BCUT2D eigenvalue weighted by molar-refractivity contribution is -0.120. The summed E-state index contributed by atoms with van der Waals surface area (Å²) in [6.07, 6.45) is 0. The van der Waals surface area contributed by atoms with Crippen molar-refractivity contribution < 1.29 is 19.1 Å². The zero-order valence-corrected chi connectivity index (χ0v) is 18.9. The average molecular weight is 433 g/mol. The highest BCUT2D eigenvalue weighted by Gasteiger charge is 2.18. The predicted molar refractivity (Wildman–Crippen MR) is 127 cm³/mol. The molecule has 166 valence electrons. The van der Waals surface area contributed by atoms with Crippen LogP contribution in [-0.4, -0.2) is 39.5 Å². The average Bonchev–Trinajstić information content (AvgIpc) is 2.81. The minimum absolute atomic E-state index is 0.0530. The lowest BCUT2D eigenvalue weighted by Crippen LogP contribution is -2.34. The van der Waals surface area contributed by atoms with Crippen LogP contribution in [0, 0.1) is 0 Å². The van der Waals surface area contributed by atoms with E-state index in [0.717, 1.165) is 16.9 Å². The Morgan fingerprint density at radius 2 is 1.50 bits per heavy atom. The summed E-state index contributed by atoms with van der Waals surface area (Å²) in [6, 6.07) is 22.2. The first kappa shape index (κ1) is 22.9. The lowest BCUT2D eigenvalue weighted by atomic mass is 10.1. The highest BCUT2D eigenvalue weighted by Crippen LogP contribution is 2.23. The fraction of sp³-hybridized carbons (Fsp3) is 0.231. The monoisotopic (exact) mass is 432 g/mol. The summed E-state index contributed by atoms with van der Waals surface area (Å²) in [4.78, 5) is 28.5. The van der Waals surface area contributed by atoms with E-state index >= 15 is 0 Å². The Bertz CT molecular complexity index is 1060. The Balaban J connectivity index is 1.79. The summed E-state index contributed by atoms with van der Waals surface area (Å²) in [5.74, 6) is 0.952. The van der Waals surface area contributed by atoms with Crippen molar-refractivity contribution >= 4 is 23.1 Å². The highest BCUT2D eigenvalue weighted by atomic mass is 16.5. The Kier molecular flexibility index (Phi) is 7.49. The van der Waals surface area contributed by atoms with Gasteiger partial charge in [0.2, 0.25) is 0 Å². The van der Waals surface area contributed by atoms with Gasteiger partial charge in [-0.25, -0.2) is 0 Å². The third-order valence-electron chi connectivity index (χ3n) is 5.08. The molecule has 32 heavy (non-hydrogen) atoms. The number of anilines is 2. The van der Waals surface area contributed by atoms with Gasteiger partial charge in [-0.2, -0.15) is 0 Å². The van der Waals surface area contributed by atoms with Crippen molar-refractivity contribution in [2.24, 2.45) is 0 Å². The van der Waals surface area contributed by atoms with Gasteiger partial charge in [-0.1, -0.05) is 24.3 Å². The molecule has 1 amide bonds. The molecule has 0 unspecified atom stereocenters. The molecule has 3 aromatic rings. The first-order chi connectivity index (χ1) is 15.4. The first-order valence-electron chi connectivity index (χ1n) is 10.3. The minimum Gasteiger partial charge on any atom is -0.497 e. The van der Waals surface area contributed by atoms with Gasteiger partial charge in [-0.3, -0.25) is 9.59 Å². The molecule has 0 radical (unpaired) electrons. The number of rotatable bonds is 9. The molecule has 0 aliphatic rings. The van der Waals surface area contributed by atoms with E-state index in [1.54, 1.807) is 36.3 Å². The summed E-state index contributed by atoms with van der Waals surface area (Å²) in [5, 5.41) is 0. The van der Waals surface area contributed by atoms with Crippen LogP contribution in [0.3, 0.4) is 0 Å². The number of hydrogen-bond donors (Lipinski definition) is 0. The molecule has 6 heteroatoms. The molecule has 0 heterocycles. The number of ether oxygens (including phenoxy) is 2. The number of hydrogen-bond acceptors (Lipinski definition) is 5. The summed E-state index contributed by atoms with van der Waals surface area (Å²) >= 11 is 0. The van der Waals surface area contributed by atoms with E-state index in [2.05, 4.69) is 0 Å². The van der Waals surface area contributed by atoms with E-state index in [0.29, 0.717) is 23.6 Å². The van der Waals surface area contributed by atoms with Crippen LogP contribution in [0.15, 0.2) is 72.8 Å². The molecule has 0 spiro atoms. The van der Waals surface area contributed by atoms with Crippen LogP contribution in [0.5, 0.6) is 11.5 Å². The fourth-order valence-electron chi connectivity index (χ4n) is 3.20. The maximum atomic E-state index is 13.2. The number of amides is 1. The molecule has 0 fully saturated rings. The van der Waals surface area contributed by atoms with E-state index in [9.17, 15) is 9.59 Å². The molecular weight excluding hydrogens is 404 g/mol. The van der Waals surface area contributed by atoms with Crippen molar-refractivity contribution in [2.75, 3.05) is 37.6 Å². The number of carbonyl (C=O) groups is 2. The second kappa shape index (κ2) is 10.5. The second-order valence-corrected chi connectivity index (χ2v) is 7.61. The molecule has 0 atom stereocenters. The maximum Gasteiger partial charge on any atom is 0.265 e. The third kappa shape index (κ3) is 5.88. The largest absolute Gasteiger partial charge is 0.497 e. The summed E-state index contributed by atoms with van der Waals surface area (Å²) in [7, 11) is 5.58. The summed E-state index contributed by atoms with van der Waals surface area (Å²) < 4.78 is 11.0. The van der Waals surface area contributed by atoms with Gasteiger partial charge in [-0.15, -0.1) is 0 Å². The van der Waals surface area contributed by atoms with Crippen molar-refractivity contribution in [1.82, 2.24) is 0 Å². The van der Waals surface area contributed by atoms with Crippen LogP contribution in [-0.2, 0) is 11.3 Å². The van der Waals surface area contributed by atoms with Crippen molar-refractivity contribution in [3.05, 3.63) is 83.9 Å². The smallest absolute Gasteiger partial charge is 0.265 e. The van der Waals surface area contributed by atoms with E-state index < -0.39 is 0 Å². The number of methoxy groups -OCH3 is 1. The van der Waals surface area contributed by atoms with Gasteiger partial charge in [0.25, 0.3) is 5.91 Å². The van der Waals surface area contributed by atoms with Crippen LogP contribution in [0.1, 0.15) is 22.8 Å². The lowest BCUT2D eigenvalue weighted by Gasteiger charge is -2.24. The molecule has 0 saturated carbocycles. The topological polar surface area (TPSA) is 59.1 Å². The van der Waals surface area contributed by atoms with Gasteiger partial charge < -0.3 is 19.3 Å². The standard InChI is InChI=1S/C26H28N2O4/c1-19(29)21-6-5-7-25(16-21)32-18-26(30)28(23-12-14-24(31-4)15-13-23)17-20-8-10-22(11-9-20)27(2)3/h5-16H,17-18H2,1-4H3. The van der Waals surface area contributed by atoms with Gasteiger partial charge in [0.15, 0.2) is 12.4 Å². The Hall–Kier alpha value is -3.80. The van der Waals surface area contributed by atoms with Crippen molar-refractivity contribution in [3.8, 4) is 11.5 Å². The van der Waals surface area contributed by atoms with Crippen LogP contribution < -0.4 is 19.3 Å². The van der Waals surface area contributed by atoms with E-state index in [4.69, 9.17) is 9.47 Å². The minimum atomic E-state index is -0.194. The number of benzene rings is 3. The van der Waals surface area contributed by atoms with Gasteiger partial charge in [-0.05, 0) is 61.0 Å². The molecule has 3 rings (SSSR count). The molecule has 0 aliphatic carbocycles. The highest BCUT2D eigenvalue weighted by molar-refractivity contribution is 5.95. The summed E-state index contributed by atoms with van der Waals surface area (Å²) in [5.41, 5.74) is 3.37. The van der Waals surface area contributed by atoms with Crippen LogP contribution in [0.4, 0.5) is 11.4 Å². The molecule has 6 nitrogen and oxygen atoms in total. The zero-order chi connectivity index (χ0) is 23.1. The van der Waals surface area contributed by atoms with E-state index in [1.165, 1.54) is 6.92 Å². The molecule has 0 N–H and O–H groups in total. The van der Waals surface area contributed by atoms with E-state index in [1.807, 2.05) is 67.5 Å². The molecular formula is C26H28N2O4. The number of ketones is 1. The van der Waals surface area contributed by atoms with E-state index in [-0.39, 0.29) is 18.3 Å². The van der Waals surface area contributed by atoms with Gasteiger partial charge in [0, 0.05) is 31.0 Å². The van der Waals surface area contributed by atoms with Gasteiger partial charge in [0.05, 0.1) is 13.7 Å². The van der Waals surface area contributed by atoms with Gasteiger partial charge >= 0.3 is 0 Å².